The molecule has 0 bridgehead atoms. The number of aromatic nitrogens is 2. The number of methoxy groups -OCH3 is 1. The van der Waals surface area contributed by atoms with Crippen LogP contribution < -0.4 is 15.8 Å². The molecule has 4 rings (SSSR count). The summed E-state index contributed by atoms with van der Waals surface area (Å²) in [6, 6.07) is 1.74. The van der Waals surface area contributed by atoms with Crippen LogP contribution in [-0.2, 0) is 0 Å². The predicted octanol–water partition coefficient (Wildman–Crippen LogP) is 2.75. The molecule has 10 heteroatoms. The number of thioether (sulfide) groups is 1. The fourth-order valence-corrected chi connectivity index (χ4v) is 4.72. The molecule has 7 nitrogen and oxygen atoms in total. The molecule has 28 heavy (non-hydrogen) atoms. The lowest BCUT2D eigenvalue weighted by Gasteiger charge is -2.20. The van der Waals surface area contributed by atoms with Gasteiger partial charge in [-0.05, 0) is 12.0 Å². The number of nitrogens with one attached hydrogen (secondary N) is 1. The Morgan fingerprint density at radius 1 is 1.29 bits per heavy atom. The number of ether oxygens (including phenoxy) is 1. The van der Waals surface area contributed by atoms with Crippen molar-refractivity contribution in [3.8, 4) is 5.88 Å². The van der Waals surface area contributed by atoms with E-state index >= 15 is 0 Å². The van der Waals surface area contributed by atoms with Crippen molar-refractivity contribution < 1.29 is 18.3 Å². The van der Waals surface area contributed by atoms with E-state index in [-0.39, 0.29) is 34.0 Å². The molecule has 3 N–H and O–H groups in total. The van der Waals surface area contributed by atoms with Crippen LogP contribution in [0.15, 0.2) is 29.5 Å². The molecule has 1 aromatic heterocycles. The number of amidine groups is 1. The van der Waals surface area contributed by atoms with Crippen LogP contribution in [0.4, 0.5) is 14.5 Å². The number of amides is 1. The summed E-state index contributed by atoms with van der Waals surface area (Å²) < 4.78 is 33.6. The third kappa shape index (κ3) is 3.28. The first-order valence-corrected chi connectivity index (χ1v) is 9.43. The van der Waals surface area contributed by atoms with Crippen LogP contribution >= 0.6 is 11.8 Å². The van der Waals surface area contributed by atoms with Crippen molar-refractivity contribution in [1.82, 2.24) is 9.97 Å². The van der Waals surface area contributed by atoms with Crippen LogP contribution in [0.25, 0.3) is 0 Å². The summed E-state index contributed by atoms with van der Waals surface area (Å²) in [5, 5.41) is 3.13. The van der Waals surface area contributed by atoms with Gasteiger partial charge in [0.05, 0.1) is 25.5 Å². The molecule has 1 aliphatic heterocycles. The number of anilines is 1. The highest BCUT2D eigenvalue weighted by Gasteiger charge is 2.55. The van der Waals surface area contributed by atoms with Gasteiger partial charge in [0, 0.05) is 28.5 Å². The van der Waals surface area contributed by atoms with Gasteiger partial charge >= 0.3 is 0 Å². The van der Waals surface area contributed by atoms with Crippen LogP contribution in [0.5, 0.6) is 5.88 Å². The van der Waals surface area contributed by atoms with E-state index in [0.717, 1.165) is 6.07 Å². The molecular formula is C18H17F2N5O2S. The summed E-state index contributed by atoms with van der Waals surface area (Å²) in [4.78, 5) is 24.5. The molecule has 1 saturated carbocycles. The molecule has 1 aliphatic carbocycles. The van der Waals surface area contributed by atoms with Gasteiger partial charge in [-0.1, -0.05) is 18.7 Å². The highest BCUT2D eigenvalue weighted by atomic mass is 32.2. The van der Waals surface area contributed by atoms with Crippen molar-refractivity contribution in [3.63, 3.8) is 0 Å². The van der Waals surface area contributed by atoms with Gasteiger partial charge < -0.3 is 15.8 Å². The molecule has 0 spiro atoms. The van der Waals surface area contributed by atoms with Gasteiger partial charge in [-0.3, -0.25) is 9.79 Å². The summed E-state index contributed by atoms with van der Waals surface area (Å²) in [5.74, 6) is -2.00. The number of nitrogens with two attached hydrogens (primary N) is 1. The van der Waals surface area contributed by atoms with Gasteiger partial charge in [0.25, 0.3) is 5.91 Å². The van der Waals surface area contributed by atoms with Gasteiger partial charge in [0.2, 0.25) is 5.88 Å². The standard InChI is InChI=1S/C18H17F2N5O2S/c1-7-13-15(25-18(21)28-16(7)13)9-3-8(4-10(19)14(9)20)24-17(26)11-5-23-12(27-2)6-22-11/h3-7,13,15-16H,1-2H3,(H2,21,25)(H,24,26)/t7-,13?,15?,16?/m0/s1. The molecular weight excluding hydrogens is 388 g/mol. The number of rotatable bonds is 4. The molecule has 2 heterocycles. The first kappa shape index (κ1) is 18.6. The summed E-state index contributed by atoms with van der Waals surface area (Å²) in [5.41, 5.74) is 6.05. The summed E-state index contributed by atoms with van der Waals surface area (Å²) in [7, 11) is 1.43. The van der Waals surface area contributed by atoms with E-state index in [1.807, 2.05) is 6.92 Å². The number of nitrogens with zero attached hydrogens (tertiary/aromatic N) is 3. The normalized spacial score (nSPS) is 25.5. The van der Waals surface area contributed by atoms with E-state index in [1.54, 1.807) is 0 Å². The van der Waals surface area contributed by atoms with Crippen molar-refractivity contribution >= 4 is 28.5 Å². The molecule has 0 saturated heterocycles. The van der Waals surface area contributed by atoms with Crippen LogP contribution in [0.3, 0.4) is 0 Å². The second-order valence-electron chi connectivity index (χ2n) is 6.69. The number of aliphatic imine (C=N–C) groups is 1. The van der Waals surface area contributed by atoms with Crippen molar-refractivity contribution in [2.24, 2.45) is 22.6 Å². The number of halogens is 2. The van der Waals surface area contributed by atoms with E-state index in [9.17, 15) is 13.6 Å². The minimum absolute atomic E-state index is 0.0132. The number of benzene rings is 1. The van der Waals surface area contributed by atoms with Crippen molar-refractivity contribution in [1.29, 1.82) is 0 Å². The lowest BCUT2D eigenvalue weighted by atomic mass is 10.00. The minimum atomic E-state index is -1.06. The van der Waals surface area contributed by atoms with E-state index in [4.69, 9.17) is 10.5 Å². The monoisotopic (exact) mass is 405 g/mol. The minimum Gasteiger partial charge on any atom is -0.480 e. The quantitative estimate of drug-likeness (QED) is 0.811. The molecule has 2 aliphatic rings. The molecule has 3 unspecified atom stereocenters. The maximum absolute atomic E-state index is 14.5. The van der Waals surface area contributed by atoms with Gasteiger partial charge in [0.15, 0.2) is 16.8 Å². The van der Waals surface area contributed by atoms with Crippen LogP contribution in [0, 0.1) is 23.5 Å². The Balaban J connectivity index is 1.62. The van der Waals surface area contributed by atoms with Crippen LogP contribution in [-0.4, -0.2) is 33.4 Å². The number of fused-ring (bicyclic) bond motifs is 1. The first-order chi connectivity index (χ1) is 13.4. The number of carbonyl (C=O) groups is 1. The maximum Gasteiger partial charge on any atom is 0.275 e. The van der Waals surface area contributed by atoms with Gasteiger partial charge in [-0.15, -0.1) is 0 Å². The van der Waals surface area contributed by atoms with E-state index in [0.29, 0.717) is 11.1 Å². The Morgan fingerprint density at radius 3 is 2.75 bits per heavy atom. The zero-order chi connectivity index (χ0) is 20.0. The van der Waals surface area contributed by atoms with Crippen molar-refractivity contribution in [3.05, 3.63) is 47.4 Å². The van der Waals surface area contributed by atoms with Crippen molar-refractivity contribution in [2.45, 2.75) is 18.2 Å². The first-order valence-electron chi connectivity index (χ1n) is 8.55. The molecule has 1 aromatic carbocycles. The SMILES string of the molecule is COc1cnc(C(=O)Nc2cc(F)c(F)c(C3N=C(N)SC4C3[C@@H]4C)c2)cn1. The van der Waals surface area contributed by atoms with Crippen LogP contribution in [0.2, 0.25) is 0 Å². The smallest absolute Gasteiger partial charge is 0.275 e. The van der Waals surface area contributed by atoms with Gasteiger partial charge in [0.1, 0.15) is 5.69 Å². The third-order valence-corrected chi connectivity index (χ3v) is 6.32. The second-order valence-corrected chi connectivity index (χ2v) is 7.89. The predicted molar refractivity (Wildman–Crippen MR) is 101 cm³/mol. The molecule has 4 atom stereocenters. The van der Waals surface area contributed by atoms with Crippen molar-refractivity contribution in [2.75, 3.05) is 12.4 Å². The average molecular weight is 405 g/mol. The van der Waals surface area contributed by atoms with E-state index in [2.05, 4.69) is 20.3 Å². The highest BCUT2D eigenvalue weighted by Crippen LogP contribution is 2.58. The fraction of sp³-hybridized carbons (Fsp3) is 0.333. The van der Waals surface area contributed by atoms with Gasteiger partial charge in [-0.2, -0.15) is 0 Å². The maximum atomic E-state index is 14.5. The Hall–Kier alpha value is -2.75. The van der Waals surface area contributed by atoms with E-state index in [1.165, 1.54) is 37.3 Å². The molecule has 0 radical (unpaired) electrons. The topological polar surface area (TPSA) is 102 Å². The molecule has 2 aromatic rings. The largest absolute Gasteiger partial charge is 0.480 e. The summed E-state index contributed by atoms with van der Waals surface area (Å²) >= 11 is 1.46. The Bertz CT molecular complexity index is 969. The lowest BCUT2D eigenvalue weighted by molar-refractivity contribution is 0.102. The summed E-state index contributed by atoms with van der Waals surface area (Å²) in [6.07, 6.45) is 2.52. The van der Waals surface area contributed by atoms with E-state index < -0.39 is 23.6 Å². The lowest BCUT2D eigenvalue weighted by Crippen LogP contribution is -2.19. The molecule has 1 fully saturated rings. The third-order valence-electron chi connectivity index (χ3n) is 4.95. The average Bonchev–Trinajstić information content (AvgIpc) is 3.33. The Morgan fingerprint density at radius 2 is 2.07 bits per heavy atom. The highest BCUT2D eigenvalue weighted by molar-refractivity contribution is 8.14. The zero-order valence-corrected chi connectivity index (χ0v) is 15.8. The Kier molecular flexibility index (Phi) is 4.66. The molecule has 146 valence electrons. The number of hydrogen-bond donors (Lipinski definition) is 2. The zero-order valence-electron chi connectivity index (χ0n) is 15.0. The Labute approximate surface area is 163 Å². The molecule has 1 amide bonds. The summed E-state index contributed by atoms with van der Waals surface area (Å²) in [6.45, 7) is 2.03. The number of carbonyl (C=O) groups excluding carboxylic acids is 1. The number of hydrogen-bond acceptors (Lipinski definition) is 7. The fourth-order valence-electron chi connectivity index (χ4n) is 3.41. The second kappa shape index (κ2) is 7.01. The van der Waals surface area contributed by atoms with Gasteiger partial charge in [-0.25, -0.2) is 18.7 Å². The van der Waals surface area contributed by atoms with Crippen LogP contribution in [0.1, 0.15) is 29.0 Å².